The zero-order chi connectivity index (χ0) is 13.5. The molecule has 0 saturated carbocycles. The summed E-state index contributed by atoms with van der Waals surface area (Å²) < 4.78 is 13.7. The van der Waals surface area contributed by atoms with Crippen molar-refractivity contribution >= 4 is 11.8 Å². The van der Waals surface area contributed by atoms with E-state index >= 15 is 0 Å². The van der Waals surface area contributed by atoms with E-state index in [0.717, 1.165) is 24.3 Å². The van der Waals surface area contributed by atoms with Gasteiger partial charge in [0.15, 0.2) is 0 Å². The van der Waals surface area contributed by atoms with Gasteiger partial charge in [-0.15, -0.1) is 0 Å². The van der Waals surface area contributed by atoms with Crippen LogP contribution in [0, 0.1) is 18.7 Å². The van der Waals surface area contributed by atoms with Gasteiger partial charge >= 0.3 is 0 Å². The highest BCUT2D eigenvalue weighted by Gasteiger charge is 2.19. The Hall–Kier alpha value is -0.540. The van der Waals surface area contributed by atoms with Crippen molar-refractivity contribution in [3.05, 3.63) is 35.1 Å². The molecule has 0 aliphatic heterocycles. The molecule has 0 aromatic heterocycles. The van der Waals surface area contributed by atoms with Crippen molar-refractivity contribution in [2.45, 2.75) is 33.2 Å². The zero-order valence-electron chi connectivity index (χ0n) is 11.8. The van der Waals surface area contributed by atoms with Crippen LogP contribution in [-0.2, 0) is 0 Å². The summed E-state index contributed by atoms with van der Waals surface area (Å²) in [5.74, 6) is 1.47. The van der Waals surface area contributed by atoms with E-state index in [1.165, 1.54) is 0 Å². The van der Waals surface area contributed by atoms with E-state index in [9.17, 15) is 4.39 Å². The lowest BCUT2D eigenvalue weighted by Gasteiger charge is -2.25. The third-order valence-corrected chi connectivity index (χ3v) is 4.03. The fourth-order valence-electron chi connectivity index (χ4n) is 2.11. The van der Waals surface area contributed by atoms with Gasteiger partial charge in [-0.05, 0) is 55.0 Å². The normalized spacial score (nSPS) is 14.5. The first-order valence-corrected chi connectivity index (χ1v) is 7.97. The number of rotatable bonds is 7. The summed E-state index contributed by atoms with van der Waals surface area (Å²) in [7, 11) is 0. The molecule has 0 fully saturated rings. The monoisotopic (exact) mass is 269 g/mol. The molecule has 1 N–H and O–H groups in total. The second kappa shape index (κ2) is 7.80. The molecule has 0 spiro atoms. The molecule has 1 aromatic rings. The van der Waals surface area contributed by atoms with Crippen molar-refractivity contribution in [1.82, 2.24) is 5.32 Å². The van der Waals surface area contributed by atoms with Gasteiger partial charge in [-0.2, -0.15) is 11.8 Å². The van der Waals surface area contributed by atoms with Crippen LogP contribution in [0.4, 0.5) is 4.39 Å². The van der Waals surface area contributed by atoms with Crippen LogP contribution in [-0.4, -0.2) is 18.6 Å². The van der Waals surface area contributed by atoms with Crippen molar-refractivity contribution in [2.24, 2.45) is 5.92 Å². The quantitative estimate of drug-likeness (QED) is 0.797. The third-order valence-electron chi connectivity index (χ3n) is 3.17. The Balaban J connectivity index is 2.89. The van der Waals surface area contributed by atoms with Crippen molar-refractivity contribution < 1.29 is 4.39 Å². The SMILES string of the molecule is CCCNC(c1ccc(C)c(F)c1)C(C)CSC. The molecule has 0 radical (unpaired) electrons. The smallest absolute Gasteiger partial charge is 0.126 e. The second-order valence-corrected chi connectivity index (χ2v) is 5.78. The fourth-order valence-corrected chi connectivity index (χ4v) is 2.83. The van der Waals surface area contributed by atoms with E-state index in [2.05, 4.69) is 25.4 Å². The number of hydrogen-bond donors (Lipinski definition) is 1. The van der Waals surface area contributed by atoms with E-state index in [1.54, 1.807) is 13.0 Å². The van der Waals surface area contributed by atoms with Crippen LogP contribution >= 0.6 is 11.8 Å². The van der Waals surface area contributed by atoms with Gasteiger partial charge in [0.25, 0.3) is 0 Å². The van der Waals surface area contributed by atoms with Crippen LogP contribution in [0.5, 0.6) is 0 Å². The minimum absolute atomic E-state index is 0.104. The lowest BCUT2D eigenvalue weighted by atomic mass is 9.95. The lowest BCUT2D eigenvalue weighted by molar-refractivity contribution is 0.416. The van der Waals surface area contributed by atoms with E-state index in [4.69, 9.17) is 0 Å². The Morgan fingerprint density at radius 2 is 2.11 bits per heavy atom. The number of thioether (sulfide) groups is 1. The van der Waals surface area contributed by atoms with Gasteiger partial charge in [0.1, 0.15) is 5.82 Å². The molecule has 102 valence electrons. The Morgan fingerprint density at radius 1 is 1.39 bits per heavy atom. The molecule has 3 heteroatoms. The summed E-state index contributed by atoms with van der Waals surface area (Å²) in [5.41, 5.74) is 1.78. The highest BCUT2D eigenvalue weighted by molar-refractivity contribution is 7.98. The van der Waals surface area contributed by atoms with Gasteiger partial charge in [-0.25, -0.2) is 4.39 Å². The van der Waals surface area contributed by atoms with Crippen LogP contribution in [0.25, 0.3) is 0 Å². The number of aryl methyl sites for hydroxylation is 1. The predicted molar refractivity (Wildman–Crippen MR) is 79.7 cm³/mol. The van der Waals surface area contributed by atoms with Gasteiger partial charge in [0, 0.05) is 6.04 Å². The molecule has 0 aliphatic rings. The summed E-state index contributed by atoms with van der Waals surface area (Å²) in [4.78, 5) is 0. The number of halogens is 1. The van der Waals surface area contributed by atoms with Crippen LogP contribution in [0.1, 0.15) is 37.4 Å². The number of hydrogen-bond acceptors (Lipinski definition) is 2. The number of nitrogens with one attached hydrogen (secondary N) is 1. The molecule has 0 amide bonds. The molecular formula is C15H24FNS. The maximum Gasteiger partial charge on any atom is 0.126 e. The molecule has 18 heavy (non-hydrogen) atoms. The Kier molecular flexibility index (Phi) is 6.72. The topological polar surface area (TPSA) is 12.0 Å². The first-order chi connectivity index (χ1) is 8.60. The first-order valence-electron chi connectivity index (χ1n) is 6.58. The van der Waals surface area contributed by atoms with Crippen LogP contribution in [0.2, 0.25) is 0 Å². The van der Waals surface area contributed by atoms with Crippen LogP contribution < -0.4 is 5.32 Å². The minimum atomic E-state index is -0.104. The molecular weight excluding hydrogens is 245 g/mol. The summed E-state index contributed by atoms with van der Waals surface area (Å²) >= 11 is 1.84. The molecule has 2 unspecified atom stereocenters. The minimum Gasteiger partial charge on any atom is -0.310 e. The maximum absolute atomic E-state index is 13.7. The molecule has 1 aromatic carbocycles. The summed E-state index contributed by atoms with van der Waals surface area (Å²) in [5, 5.41) is 3.54. The van der Waals surface area contributed by atoms with E-state index in [1.807, 2.05) is 23.9 Å². The third kappa shape index (κ3) is 4.29. The highest BCUT2D eigenvalue weighted by Crippen LogP contribution is 2.25. The molecule has 0 saturated heterocycles. The zero-order valence-corrected chi connectivity index (χ0v) is 12.6. The molecule has 0 aliphatic carbocycles. The Bertz CT molecular complexity index is 368. The average Bonchev–Trinajstić information content (AvgIpc) is 2.34. The van der Waals surface area contributed by atoms with E-state index in [-0.39, 0.29) is 11.9 Å². The average molecular weight is 269 g/mol. The fraction of sp³-hybridized carbons (Fsp3) is 0.600. The Labute approximate surface area is 115 Å². The number of benzene rings is 1. The first kappa shape index (κ1) is 15.5. The van der Waals surface area contributed by atoms with Gasteiger partial charge in [0.05, 0.1) is 0 Å². The van der Waals surface area contributed by atoms with Crippen LogP contribution in [0.15, 0.2) is 18.2 Å². The molecule has 1 rings (SSSR count). The van der Waals surface area contributed by atoms with Gasteiger partial charge in [0.2, 0.25) is 0 Å². The Morgan fingerprint density at radius 3 is 2.67 bits per heavy atom. The second-order valence-electron chi connectivity index (χ2n) is 4.87. The predicted octanol–water partition coefficient (Wildman–Crippen LogP) is 4.17. The van der Waals surface area contributed by atoms with Crippen molar-refractivity contribution in [2.75, 3.05) is 18.6 Å². The largest absolute Gasteiger partial charge is 0.310 e. The van der Waals surface area contributed by atoms with Gasteiger partial charge in [-0.3, -0.25) is 0 Å². The maximum atomic E-state index is 13.7. The molecule has 0 bridgehead atoms. The van der Waals surface area contributed by atoms with Crippen molar-refractivity contribution in [3.63, 3.8) is 0 Å². The molecule has 0 heterocycles. The molecule has 2 atom stereocenters. The summed E-state index contributed by atoms with van der Waals surface area (Å²) in [6.45, 7) is 7.15. The van der Waals surface area contributed by atoms with E-state index < -0.39 is 0 Å². The lowest BCUT2D eigenvalue weighted by Crippen LogP contribution is -2.29. The summed E-state index contributed by atoms with van der Waals surface area (Å²) in [6, 6.07) is 5.84. The molecule has 1 nitrogen and oxygen atoms in total. The highest BCUT2D eigenvalue weighted by atomic mass is 32.2. The van der Waals surface area contributed by atoms with Gasteiger partial charge in [-0.1, -0.05) is 26.0 Å². The van der Waals surface area contributed by atoms with Crippen molar-refractivity contribution in [1.29, 1.82) is 0 Å². The van der Waals surface area contributed by atoms with Crippen LogP contribution in [0.3, 0.4) is 0 Å². The standard InChI is InChI=1S/C15H24FNS/c1-5-8-17-15(12(3)10-18-4)13-7-6-11(2)14(16)9-13/h6-7,9,12,15,17H,5,8,10H2,1-4H3. The van der Waals surface area contributed by atoms with Gasteiger partial charge < -0.3 is 5.32 Å². The van der Waals surface area contributed by atoms with E-state index in [0.29, 0.717) is 11.5 Å². The van der Waals surface area contributed by atoms with Crippen molar-refractivity contribution in [3.8, 4) is 0 Å². The summed E-state index contributed by atoms with van der Waals surface area (Å²) in [6.07, 6.45) is 3.21.